The van der Waals surface area contributed by atoms with Crippen LogP contribution in [-0.2, 0) is 19.3 Å². The lowest BCUT2D eigenvalue weighted by Gasteiger charge is -2.15. The van der Waals surface area contributed by atoms with E-state index in [2.05, 4.69) is 63.7 Å². The number of aryl methyl sites for hydroxylation is 2. The van der Waals surface area contributed by atoms with E-state index in [9.17, 15) is 0 Å². The Bertz CT molecular complexity index is 790. The molecule has 5 heteroatoms. The molecule has 1 fully saturated rings. The maximum absolute atomic E-state index is 6.12. The third-order valence-corrected chi connectivity index (χ3v) is 5.82. The minimum Gasteiger partial charge on any atom is -0.370 e. The van der Waals surface area contributed by atoms with Gasteiger partial charge in [-0.3, -0.25) is 4.99 Å². The number of nitrogens with one attached hydrogen (secondary N) is 1. The number of hydrogen-bond acceptors (Lipinski definition) is 2. The number of guanidine groups is 1. The third kappa shape index (κ3) is 5.70. The Labute approximate surface area is 185 Å². The molecule has 1 saturated heterocycles. The molecule has 3 N–H and O–H groups in total. The van der Waals surface area contributed by atoms with E-state index in [1.54, 1.807) is 0 Å². The van der Waals surface area contributed by atoms with E-state index in [-0.39, 0.29) is 24.0 Å². The molecule has 1 heterocycles. The fraction of sp³-hybridized carbons (Fsp3) is 0.435. The Morgan fingerprint density at radius 2 is 1.93 bits per heavy atom. The van der Waals surface area contributed by atoms with Crippen molar-refractivity contribution in [1.82, 2.24) is 4.90 Å². The van der Waals surface area contributed by atoms with Gasteiger partial charge in [-0.15, -0.1) is 24.0 Å². The molecular formula is C23H31IN4. The number of halogens is 1. The van der Waals surface area contributed by atoms with Crippen molar-refractivity contribution in [3.8, 4) is 0 Å². The number of anilines is 1. The van der Waals surface area contributed by atoms with E-state index >= 15 is 0 Å². The number of fused-ring (bicyclic) bond motifs is 1. The molecule has 4 nitrogen and oxygen atoms in total. The van der Waals surface area contributed by atoms with Crippen LogP contribution < -0.4 is 11.1 Å². The van der Waals surface area contributed by atoms with Crippen molar-refractivity contribution >= 4 is 35.6 Å². The second-order valence-corrected chi connectivity index (χ2v) is 7.88. The van der Waals surface area contributed by atoms with Gasteiger partial charge in [0.1, 0.15) is 0 Å². The molecule has 28 heavy (non-hydrogen) atoms. The summed E-state index contributed by atoms with van der Waals surface area (Å²) in [4.78, 5) is 7.16. The highest BCUT2D eigenvalue weighted by Gasteiger charge is 2.21. The van der Waals surface area contributed by atoms with Crippen LogP contribution in [0.5, 0.6) is 0 Å². The molecule has 1 atom stereocenters. The predicted molar refractivity (Wildman–Crippen MR) is 129 cm³/mol. The van der Waals surface area contributed by atoms with Crippen LogP contribution in [0.1, 0.15) is 29.5 Å². The molecule has 2 aromatic carbocycles. The van der Waals surface area contributed by atoms with Crippen LogP contribution in [0.3, 0.4) is 0 Å². The fourth-order valence-corrected chi connectivity index (χ4v) is 4.26. The molecule has 1 aliphatic carbocycles. The van der Waals surface area contributed by atoms with Gasteiger partial charge in [-0.05, 0) is 73.4 Å². The van der Waals surface area contributed by atoms with E-state index in [1.165, 1.54) is 48.9 Å². The SMILES string of the molecule is I.NC(=NCC1CCN(CCc2ccccc2)C1)Nc1ccc2c(c1)CCC2. The van der Waals surface area contributed by atoms with Gasteiger partial charge in [-0.2, -0.15) is 0 Å². The van der Waals surface area contributed by atoms with Gasteiger partial charge in [0, 0.05) is 25.3 Å². The first-order valence-corrected chi connectivity index (χ1v) is 10.2. The molecule has 150 valence electrons. The molecule has 1 aliphatic heterocycles. The monoisotopic (exact) mass is 490 g/mol. The summed E-state index contributed by atoms with van der Waals surface area (Å²) < 4.78 is 0. The van der Waals surface area contributed by atoms with Crippen LogP contribution in [0.2, 0.25) is 0 Å². The van der Waals surface area contributed by atoms with Gasteiger partial charge < -0.3 is 16.0 Å². The molecule has 0 radical (unpaired) electrons. The van der Waals surface area contributed by atoms with Crippen molar-refractivity contribution in [3.05, 3.63) is 65.2 Å². The highest BCUT2D eigenvalue weighted by molar-refractivity contribution is 14.0. The lowest BCUT2D eigenvalue weighted by molar-refractivity contribution is 0.330. The van der Waals surface area contributed by atoms with E-state index in [4.69, 9.17) is 5.73 Å². The first-order valence-electron chi connectivity index (χ1n) is 10.2. The van der Waals surface area contributed by atoms with Gasteiger partial charge in [0.15, 0.2) is 5.96 Å². The zero-order valence-electron chi connectivity index (χ0n) is 16.4. The summed E-state index contributed by atoms with van der Waals surface area (Å²) >= 11 is 0. The average molecular weight is 490 g/mol. The first-order chi connectivity index (χ1) is 13.3. The van der Waals surface area contributed by atoms with Gasteiger partial charge >= 0.3 is 0 Å². The molecule has 0 spiro atoms. The Hall–Kier alpha value is -1.60. The second-order valence-electron chi connectivity index (χ2n) is 7.88. The highest BCUT2D eigenvalue weighted by Crippen LogP contribution is 2.24. The van der Waals surface area contributed by atoms with Crippen molar-refractivity contribution in [2.75, 3.05) is 31.5 Å². The van der Waals surface area contributed by atoms with Gasteiger partial charge in [0.2, 0.25) is 0 Å². The summed E-state index contributed by atoms with van der Waals surface area (Å²) in [6.07, 6.45) is 6.00. The van der Waals surface area contributed by atoms with Crippen LogP contribution >= 0.6 is 24.0 Å². The summed E-state index contributed by atoms with van der Waals surface area (Å²) in [7, 11) is 0. The molecular weight excluding hydrogens is 459 g/mol. The van der Waals surface area contributed by atoms with Gasteiger partial charge in [-0.25, -0.2) is 0 Å². The van der Waals surface area contributed by atoms with Gasteiger partial charge in [-0.1, -0.05) is 36.4 Å². The zero-order valence-corrected chi connectivity index (χ0v) is 18.8. The Morgan fingerprint density at radius 1 is 1.11 bits per heavy atom. The predicted octanol–water partition coefficient (Wildman–Crippen LogP) is 4.08. The van der Waals surface area contributed by atoms with E-state index in [1.807, 2.05) is 0 Å². The Morgan fingerprint density at radius 3 is 2.79 bits per heavy atom. The first kappa shape index (κ1) is 21.1. The van der Waals surface area contributed by atoms with Crippen LogP contribution in [0.25, 0.3) is 0 Å². The average Bonchev–Trinajstić information content (AvgIpc) is 3.34. The van der Waals surface area contributed by atoms with Crippen molar-refractivity contribution < 1.29 is 0 Å². The normalized spacial score (nSPS) is 19.3. The quantitative estimate of drug-likeness (QED) is 0.365. The summed E-state index contributed by atoms with van der Waals surface area (Å²) in [6, 6.07) is 17.3. The standard InChI is InChI=1S/C23H30N4.HI/c24-23(26-22-10-9-20-7-4-8-21(20)15-22)25-16-19-12-14-27(17-19)13-11-18-5-2-1-3-6-18;/h1-3,5-6,9-10,15,19H,4,7-8,11-14,16-17H2,(H3,24,25,26);1H. The van der Waals surface area contributed by atoms with Crippen LogP contribution in [0.15, 0.2) is 53.5 Å². The molecule has 1 unspecified atom stereocenters. The summed E-state index contributed by atoms with van der Waals surface area (Å²) in [5, 5.41) is 3.27. The van der Waals surface area contributed by atoms with E-state index < -0.39 is 0 Å². The van der Waals surface area contributed by atoms with E-state index in [0.717, 1.165) is 31.7 Å². The van der Waals surface area contributed by atoms with E-state index in [0.29, 0.717) is 11.9 Å². The van der Waals surface area contributed by atoms with Gasteiger partial charge in [0.25, 0.3) is 0 Å². The van der Waals surface area contributed by atoms with Crippen molar-refractivity contribution in [1.29, 1.82) is 0 Å². The van der Waals surface area contributed by atoms with Gasteiger partial charge in [0.05, 0.1) is 0 Å². The third-order valence-electron chi connectivity index (χ3n) is 5.82. The molecule has 2 aromatic rings. The molecule has 2 aliphatic rings. The number of hydrogen-bond donors (Lipinski definition) is 2. The maximum atomic E-state index is 6.12. The lowest BCUT2D eigenvalue weighted by Crippen LogP contribution is -2.26. The summed E-state index contributed by atoms with van der Waals surface area (Å²) in [6.45, 7) is 4.24. The number of rotatable bonds is 6. The van der Waals surface area contributed by atoms with Crippen LogP contribution in [0, 0.1) is 5.92 Å². The highest BCUT2D eigenvalue weighted by atomic mass is 127. The number of likely N-dealkylation sites (tertiary alicyclic amines) is 1. The maximum Gasteiger partial charge on any atom is 0.193 e. The summed E-state index contributed by atoms with van der Waals surface area (Å²) in [5.74, 6) is 1.15. The number of nitrogens with zero attached hydrogens (tertiary/aromatic N) is 2. The second kappa shape index (κ2) is 10.3. The fourth-order valence-electron chi connectivity index (χ4n) is 4.26. The topological polar surface area (TPSA) is 53.6 Å². The Kier molecular flexibility index (Phi) is 7.73. The molecule has 0 aromatic heterocycles. The number of nitrogens with two attached hydrogens (primary N) is 1. The minimum atomic E-state index is 0. The lowest BCUT2D eigenvalue weighted by atomic mass is 10.1. The number of benzene rings is 2. The van der Waals surface area contributed by atoms with Crippen LogP contribution in [-0.4, -0.2) is 37.0 Å². The largest absolute Gasteiger partial charge is 0.370 e. The molecule has 0 saturated carbocycles. The molecule has 0 bridgehead atoms. The van der Waals surface area contributed by atoms with Crippen LogP contribution in [0.4, 0.5) is 5.69 Å². The Balaban J connectivity index is 0.00000225. The summed E-state index contributed by atoms with van der Waals surface area (Å²) in [5.41, 5.74) is 11.5. The smallest absolute Gasteiger partial charge is 0.193 e. The zero-order chi connectivity index (χ0) is 18.5. The molecule has 4 rings (SSSR count). The van der Waals surface area contributed by atoms with Crippen molar-refractivity contribution in [3.63, 3.8) is 0 Å². The number of aliphatic imine (C=N–C) groups is 1. The van der Waals surface area contributed by atoms with Crippen molar-refractivity contribution in [2.24, 2.45) is 16.6 Å². The minimum absolute atomic E-state index is 0. The van der Waals surface area contributed by atoms with Crippen molar-refractivity contribution in [2.45, 2.75) is 32.1 Å². The molecule has 0 amide bonds.